The van der Waals surface area contributed by atoms with Crippen LogP contribution in [0.5, 0.6) is 11.5 Å². The first-order chi connectivity index (χ1) is 8.66. The smallest absolute Gasteiger partial charge is 0.229 e. The Kier molecular flexibility index (Phi) is 3.48. The van der Waals surface area contributed by atoms with Crippen molar-refractivity contribution in [3.8, 4) is 11.5 Å². The lowest BCUT2D eigenvalue weighted by molar-refractivity contribution is -0.115. The fourth-order valence-corrected chi connectivity index (χ4v) is 1.61. The van der Waals surface area contributed by atoms with E-state index in [4.69, 9.17) is 0 Å². The Balaban J connectivity index is 2.06. The Morgan fingerprint density at radius 1 is 0.944 bits per heavy atom. The maximum atomic E-state index is 11.8. The maximum absolute atomic E-state index is 11.8. The molecule has 0 aliphatic carbocycles. The molecule has 2 aromatic rings. The molecule has 0 saturated heterocycles. The Hall–Kier alpha value is -2.49. The standard InChI is InChI=1S/C14H13NO3/c16-12-7-3-1-5-10(12)9-14(18)15-11-6-2-4-8-13(11)17/h1-8,16-17H,9H2,(H,15,18). The van der Waals surface area contributed by atoms with E-state index in [1.165, 1.54) is 12.1 Å². The minimum Gasteiger partial charge on any atom is -0.508 e. The summed E-state index contributed by atoms with van der Waals surface area (Å²) in [6, 6.07) is 13.2. The molecule has 0 saturated carbocycles. The fourth-order valence-electron chi connectivity index (χ4n) is 1.61. The molecular formula is C14H13NO3. The van der Waals surface area contributed by atoms with Crippen molar-refractivity contribution in [3.05, 3.63) is 54.1 Å². The van der Waals surface area contributed by atoms with Gasteiger partial charge in [-0.05, 0) is 18.2 Å². The van der Waals surface area contributed by atoms with Crippen molar-refractivity contribution in [1.82, 2.24) is 0 Å². The minimum absolute atomic E-state index is 0.0168. The fraction of sp³-hybridized carbons (Fsp3) is 0.0714. The van der Waals surface area contributed by atoms with E-state index in [2.05, 4.69) is 5.32 Å². The van der Waals surface area contributed by atoms with Gasteiger partial charge in [0, 0.05) is 5.56 Å². The summed E-state index contributed by atoms with van der Waals surface area (Å²) < 4.78 is 0. The van der Waals surface area contributed by atoms with Gasteiger partial charge in [0.05, 0.1) is 12.1 Å². The van der Waals surface area contributed by atoms with E-state index in [0.29, 0.717) is 11.3 Å². The van der Waals surface area contributed by atoms with Gasteiger partial charge >= 0.3 is 0 Å². The van der Waals surface area contributed by atoms with Gasteiger partial charge in [0.15, 0.2) is 0 Å². The number of para-hydroxylation sites is 3. The van der Waals surface area contributed by atoms with Crippen LogP contribution in [0.1, 0.15) is 5.56 Å². The van der Waals surface area contributed by atoms with Crippen LogP contribution in [0.25, 0.3) is 0 Å². The quantitative estimate of drug-likeness (QED) is 0.724. The number of hydrogen-bond donors (Lipinski definition) is 3. The van der Waals surface area contributed by atoms with Crippen molar-refractivity contribution < 1.29 is 15.0 Å². The molecule has 2 rings (SSSR count). The number of phenolic OH excluding ortho intramolecular Hbond substituents is 2. The third-order valence-corrected chi connectivity index (χ3v) is 2.52. The Bertz CT molecular complexity index is 517. The zero-order valence-corrected chi connectivity index (χ0v) is 9.63. The number of carbonyl (C=O) groups is 1. The molecule has 2 aromatic carbocycles. The first-order valence-corrected chi connectivity index (χ1v) is 5.51. The second-order valence-corrected chi connectivity index (χ2v) is 3.87. The topological polar surface area (TPSA) is 69.6 Å². The molecule has 0 bridgehead atoms. The monoisotopic (exact) mass is 243 g/mol. The van der Waals surface area contributed by atoms with Gasteiger partial charge < -0.3 is 15.5 Å². The second-order valence-electron chi connectivity index (χ2n) is 3.87. The molecule has 0 heterocycles. The molecule has 0 atom stereocenters. The zero-order chi connectivity index (χ0) is 13.0. The molecule has 92 valence electrons. The van der Waals surface area contributed by atoms with Gasteiger partial charge in [0.2, 0.25) is 5.91 Å². The first kappa shape index (κ1) is 12.0. The van der Waals surface area contributed by atoms with Gasteiger partial charge in [-0.2, -0.15) is 0 Å². The van der Waals surface area contributed by atoms with Crippen molar-refractivity contribution in [2.24, 2.45) is 0 Å². The number of amides is 1. The molecule has 4 heteroatoms. The van der Waals surface area contributed by atoms with E-state index in [9.17, 15) is 15.0 Å². The SMILES string of the molecule is O=C(Cc1ccccc1O)Nc1ccccc1O. The van der Waals surface area contributed by atoms with Gasteiger partial charge in [-0.1, -0.05) is 30.3 Å². The second kappa shape index (κ2) is 5.23. The average Bonchev–Trinajstić information content (AvgIpc) is 2.35. The molecule has 0 spiro atoms. The summed E-state index contributed by atoms with van der Waals surface area (Å²) in [7, 11) is 0. The molecule has 0 radical (unpaired) electrons. The molecule has 0 aliphatic heterocycles. The average molecular weight is 243 g/mol. The molecular weight excluding hydrogens is 230 g/mol. The summed E-state index contributed by atoms with van der Waals surface area (Å²) >= 11 is 0. The molecule has 0 aliphatic rings. The van der Waals surface area contributed by atoms with E-state index in [1.807, 2.05) is 0 Å². The predicted octanol–water partition coefficient (Wildman–Crippen LogP) is 2.28. The van der Waals surface area contributed by atoms with Crippen LogP contribution in [0, 0.1) is 0 Å². The van der Waals surface area contributed by atoms with Crippen LogP contribution in [0.4, 0.5) is 5.69 Å². The van der Waals surface area contributed by atoms with Crippen molar-refractivity contribution in [1.29, 1.82) is 0 Å². The van der Waals surface area contributed by atoms with Crippen LogP contribution in [-0.2, 0) is 11.2 Å². The molecule has 4 nitrogen and oxygen atoms in total. The summed E-state index contributed by atoms with van der Waals surface area (Å²) in [5.41, 5.74) is 0.906. The number of benzene rings is 2. The number of nitrogens with one attached hydrogen (secondary N) is 1. The number of carbonyl (C=O) groups excluding carboxylic acids is 1. The normalized spacial score (nSPS) is 10.0. The van der Waals surface area contributed by atoms with E-state index in [-0.39, 0.29) is 23.8 Å². The lowest BCUT2D eigenvalue weighted by atomic mass is 10.1. The van der Waals surface area contributed by atoms with Crippen molar-refractivity contribution in [3.63, 3.8) is 0 Å². The first-order valence-electron chi connectivity index (χ1n) is 5.51. The summed E-state index contributed by atoms with van der Waals surface area (Å²) in [6.07, 6.45) is 0.0566. The number of anilines is 1. The van der Waals surface area contributed by atoms with Crippen LogP contribution in [0.2, 0.25) is 0 Å². The summed E-state index contributed by atoms with van der Waals surface area (Å²) in [4.78, 5) is 11.8. The molecule has 0 fully saturated rings. The van der Waals surface area contributed by atoms with Gasteiger partial charge in [-0.25, -0.2) is 0 Å². The van der Waals surface area contributed by atoms with E-state index < -0.39 is 0 Å². The highest BCUT2D eigenvalue weighted by molar-refractivity contribution is 5.93. The molecule has 1 amide bonds. The van der Waals surface area contributed by atoms with Crippen molar-refractivity contribution in [2.75, 3.05) is 5.32 Å². The van der Waals surface area contributed by atoms with E-state index in [0.717, 1.165) is 0 Å². The molecule has 3 N–H and O–H groups in total. The highest BCUT2D eigenvalue weighted by Gasteiger charge is 2.09. The van der Waals surface area contributed by atoms with Crippen LogP contribution >= 0.6 is 0 Å². The van der Waals surface area contributed by atoms with Gasteiger partial charge in [-0.3, -0.25) is 4.79 Å². The number of hydrogen-bond acceptors (Lipinski definition) is 3. The van der Waals surface area contributed by atoms with Crippen LogP contribution < -0.4 is 5.32 Å². The van der Waals surface area contributed by atoms with E-state index >= 15 is 0 Å². The maximum Gasteiger partial charge on any atom is 0.229 e. The minimum atomic E-state index is -0.294. The Morgan fingerprint density at radius 2 is 1.56 bits per heavy atom. The van der Waals surface area contributed by atoms with Crippen LogP contribution in [0.3, 0.4) is 0 Å². The van der Waals surface area contributed by atoms with Crippen LogP contribution in [-0.4, -0.2) is 16.1 Å². The lowest BCUT2D eigenvalue weighted by Gasteiger charge is -2.07. The predicted molar refractivity (Wildman–Crippen MR) is 68.5 cm³/mol. The molecule has 0 unspecified atom stereocenters. The van der Waals surface area contributed by atoms with E-state index in [1.54, 1.807) is 36.4 Å². The zero-order valence-electron chi connectivity index (χ0n) is 9.63. The highest BCUT2D eigenvalue weighted by Crippen LogP contribution is 2.22. The van der Waals surface area contributed by atoms with Gasteiger partial charge in [0.25, 0.3) is 0 Å². The van der Waals surface area contributed by atoms with Gasteiger partial charge in [0.1, 0.15) is 11.5 Å². The molecule has 0 aromatic heterocycles. The Labute approximate surface area is 105 Å². The summed E-state index contributed by atoms with van der Waals surface area (Å²) in [6.45, 7) is 0. The van der Waals surface area contributed by atoms with Crippen molar-refractivity contribution in [2.45, 2.75) is 6.42 Å². The van der Waals surface area contributed by atoms with Crippen molar-refractivity contribution >= 4 is 11.6 Å². The largest absolute Gasteiger partial charge is 0.508 e. The number of rotatable bonds is 3. The number of phenols is 2. The summed E-state index contributed by atoms with van der Waals surface area (Å²) in [5.74, 6) is -0.189. The third kappa shape index (κ3) is 2.79. The van der Waals surface area contributed by atoms with Crippen LogP contribution in [0.15, 0.2) is 48.5 Å². The highest BCUT2D eigenvalue weighted by atomic mass is 16.3. The summed E-state index contributed by atoms with van der Waals surface area (Å²) in [5, 5.41) is 21.7. The molecule has 18 heavy (non-hydrogen) atoms. The Morgan fingerprint density at radius 3 is 2.22 bits per heavy atom. The third-order valence-electron chi connectivity index (χ3n) is 2.52. The van der Waals surface area contributed by atoms with Gasteiger partial charge in [-0.15, -0.1) is 0 Å². The lowest BCUT2D eigenvalue weighted by Crippen LogP contribution is -2.14. The number of aromatic hydroxyl groups is 2.